The number of nitrogens with zero attached hydrogens (tertiary/aromatic N) is 1. The number of imide groups is 1. The highest BCUT2D eigenvalue weighted by Crippen LogP contribution is 2.32. The van der Waals surface area contributed by atoms with Gasteiger partial charge in [0.15, 0.2) is 12.5 Å². The Hall–Kier alpha value is -1.14. The largest absolute Gasteiger partial charge is 0.348 e. The molecule has 1 N–H and O–H groups in total. The average molecular weight is 268 g/mol. The van der Waals surface area contributed by atoms with Crippen LogP contribution in [0.5, 0.6) is 0 Å². The van der Waals surface area contributed by atoms with Crippen molar-refractivity contribution in [3.8, 4) is 0 Å². The van der Waals surface area contributed by atoms with E-state index in [4.69, 9.17) is 9.47 Å². The lowest BCUT2D eigenvalue weighted by Crippen LogP contribution is -2.54. The molecule has 0 aromatic rings. The molecule has 2 saturated heterocycles. The van der Waals surface area contributed by atoms with E-state index in [9.17, 15) is 9.59 Å². The van der Waals surface area contributed by atoms with E-state index in [-0.39, 0.29) is 18.1 Å². The van der Waals surface area contributed by atoms with Gasteiger partial charge in [-0.2, -0.15) is 0 Å². The van der Waals surface area contributed by atoms with Gasteiger partial charge >= 0.3 is 6.03 Å². The van der Waals surface area contributed by atoms with Crippen LogP contribution in [-0.4, -0.2) is 41.5 Å². The summed E-state index contributed by atoms with van der Waals surface area (Å²) in [5.74, 6) is -0.308. The summed E-state index contributed by atoms with van der Waals surface area (Å²) in [5, 5.41) is 2.68. The lowest BCUT2D eigenvalue weighted by Gasteiger charge is -2.40. The maximum absolute atomic E-state index is 11.8. The molecule has 6 nitrogen and oxygen atoms in total. The Balaban J connectivity index is 1.76. The molecular weight excluding hydrogens is 248 g/mol. The first kappa shape index (κ1) is 12.9. The Morgan fingerprint density at radius 3 is 2.42 bits per heavy atom. The minimum Gasteiger partial charge on any atom is -0.348 e. The highest BCUT2D eigenvalue weighted by molar-refractivity contribution is 5.95. The number of ether oxygens (including phenoxy) is 2. The molecule has 3 aliphatic rings. The molecule has 2 aliphatic heterocycles. The molecule has 0 spiro atoms. The fraction of sp³-hybridized carbons (Fsp3) is 0.846. The van der Waals surface area contributed by atoms with Crippen LogP contribution in [0.15, 0.2) is 0 Å². The van der Waals surface area contributed by atoms with E-state index in [2.05, 4.69) is 5.32 Å². The fourth-order valence-electron chi connectivity index (χ4n) is 3.16. The number of amides is 3. The van der Waals surface area contributed by atoms with Gasteiger partial charge < -0.3 is 14.8 Å². The van der Waals surface area contributed by atoms with Gasteiger partial charge in [0, 0.05) is 6.92 Å². The van der Waals surface area contributed by atoms with E-state index >= 15 is 0 Å². The van der Waals surface area contributed by atoms with Gasteiger partial charge in [0.05, 0.1) is 12.2 Å². The third-order valence-corrected chi connectivity index (χ3v) is 4.11. The van der Waals surface area contributed by atoms with Gasteiger partial charge in [-0.05, 0) is 12.8 Å². The lowest BCUT2D eigenvalue weighted by atomic mass is 9.95. The summed E-state index contributed by atoms with van der Waals surface area (Å²) < 4.78 is 11.9. The highest BCUT2D eigenvalue weighted by atomic mass is 16.6. The quantitative estimate of drug-likeness (QED) is 0.720. The maximum atomic E-state index is 11.8. The molecule has 0 bridgehead atoms. The zero-order chi connectivity index (χ0) is 13.4. The Morgan fingerprint density at radius 2 is 1.79 bits per heavy atom. The van der Waals surface area contributed by atoms with Crippen molar-refractivity contribution in [2.24, 2.45) is 0 Å². The van der Waals surface area contributed by atoms with E-state index in [1.807, 2.05) is 0 Å². The third-order valence-electron chi connectivity index (χ3n) is 4.11. The van der Waals surface area contributed by atoms with Gasteiger partial charge in [-0.3, -0.25) is 4.79 Å². The molecule has 6 heteroatoms. The molecule has 0 aromatic carbocycles. The van der Waals surface area contributed by atoms with Crippen molar-refractivity contribution in [3.63, 3.8) is 0 Å². The predicted octanol–water partition coefficient (Wildman–Crippen LogP) is 1.35. The number of fused-ring (bicyclic) bond motifs is 2. The molecule has 3 fully saturated rings. The summed E-state index contributed by atoms with van der Waals surface area (Å²) >= 11 is 0. The molecule has 1 saturated carbocycles. The maximum Gasteiger partial charge on any atom is 0.328 e. The number of urea groups is 1. The highest BCUT2D eigenvalue weighted by Gasteiger charge is 2.50. The van der Waals surface area contributed by atoms with Crippen LogP contribution in [0.25, 0.3) is 0 Å². The Bertz CT molecular complexity index is 387. The molecule has 4 atom stereocenters. The van der Waals surface area contributed by atoms with Crippen LogP contribution in [0.4, 0.5) is 4.79 Å². The molecule has 3 rings (SSSR count). The van der Waals surface area contributed by atoms with Crippen molar-refractivity contribution < 1.29 is 19.1 Å². The molecule has 0 aromatic heterocycles. The third kappa shape index (κ3) is 2.34. The molecule has 2 heterocycles. The van der Waals surface area contributed by atoms with E-state index < -0.39 is 18.5 Å². The van der Waals surface area contributed by atoms with Gasteiger partial charge in [0.2, 0.25) is 5.91 Å². The number of carbonyl (C=O) groups is 2. The first-order chi connectivity index (χ1) is 9.16. The van der Waals surface area contributed by atoms with Gasteiger partial charge in [0.1, 0.15) is 0 Å². The van der Waals surface area contributed by atoms with E-state index in [0.29, 0.717) is 0 Å². The SMILES string of the molecule is CC(=O)N1C(=O)N[C@H]2O[C@@H]3CCCCCC[C@@H]3O[C@H]21. The summed E-state index contributed by atoms with van der Waals surface area (Å²) in [6, 6.07) is -0.420. The number of hydrogen-bond donors (Lipinski definition) is 1. The Labute approximate surface area is 112 Å². The Kier molecular flexibility index (Phi) is 3.45. The van der Waals surface area contributed by atoms with Crippen molar-refractivity contribution in [2.75, 3.05) is 0 Å². The summed E-state index contributed by atoms with van der Waals surface area (Å²) in [4.78, 5) is 24.4. The van der Waals surface area contributed by atoms with Crippen LogP contribution < -0.4 is 5.32 Å². The fourth-order valence-corrected chi connectivity index (χ4v) is 3.16. The standard InChI is InChI=1S/C13H20N2O4/c1-8(16)15-12-11(14-13(15)17)18-9-6-4-2-3-5-7-10(9)19-12/h9-12H,2-7H2,1H3,(H,14,17)/t9-,10+,11+,12-/m1/s1. The molecule has 1 aliphatic carbocycles. The lowest BCUT2D eigenvalue weighted by molar-refractivity contribution is -0.243. The molecule has 0 unspecified atom stereocenters. The van der Waals surface area contributed by atoms with Crippen LogP contribution in [0, 0.1) is 0 Å². The molecule has 106 valence electrons. The number of nitrogens with one attached hydrogen (secondary N) is 1. The minimum atomic E-state index is -0.606. The average Bonchev–Trinajstić information content (AvgIpc) is 2.64. The first-order valence-electron chi connectivity index (χ1n) is 7.08. The minimum absolute atomic E-state index is 0.00361. The number of rotatable bonds is 0. The monoisotopic (exact) mass is 268 g/mol. The molecule has 3 amide bonds. The van der Waals surface area contributed by atoms with E-state index in [1.165, 1.54) is 19.8 Å². The van der Waals surface area contributed by atoms with Crippen molar-refractivity contribution in [1.29, 1.82) is 0 Å². The first-order valence-corrected chi connectivity index (χ1v) is 7.08. The van der Waals surface area contributed by atoms with Crippen molar-refractivity contribution in [2.45, 2.75) is 70.1 Å². The zero-order valence-electron chi connectivity index (χ0n) is 11.1. The van der Waals surface area contributed by atoms with Crippen LogP contribution >= 0.6 is 0 Å². The van der Waals surface area contributed by atoms with Crippen molar-refractivity contribution >= 4 is 11.9 Å². The summed E-state index contributed by atoms with van der Waals surface area (Å²) in [6.45, 7) is 1.37. The molecule has 19 heavy (non-hydrogen) atoms. The smallest absolute Gasteiger partial charge is 0.328 e. The zero-order valence-corrected chi connectivity index (χ0v) is 11.1. The van der Waals surface area contributed by atoms with Gasteiger partial charge in [-0.1, -0.05) is 25.7 Å². The molecular formula is C13H20N2O4. The normalized spacial score (nSPS) is 38.8. The van der Waals surface area contributed by atoms with Gasteiger partial charge in [0.25, 0.3) is 0 Å². The van der Waals surface area contributed by atoms with Crippen LogP contribution in [0.1, 0.15) is 45.4 Å². The van der Waals surface area contributed by atoms with Crippen LogP contribution in [0.3, 0.4) is 0 Å². The van der Waals surface area contributed by atoms with Crippen LogP contribution in [0.2, 0.25) is 0 Å². The van der Waals surface area contributed by atoms with Crippen molar-refractivity contribution in [3.05, 3.63) is 0 Å². The van der Waals surface area contributed by atoms with Gasteiger partial charge in [-0.25, -0.2) is 9.69 Å². The summed E-state index contributed by atoms with van der Waals surface area (Å²) in [7, 11) is 0. The molecule has 0 radical (unpaired) electrons. The summed E-state index contributed by atoms with van der Waals surface area (Å²) in [5.41, 5.74) is 0. The van der Waals surface area contributed by atoms with E-state index in [0.717, 1.165) is 30.6 Å². The number of carbonyl (C=O) groups excluding carboxylic acids is 2. The second-order valence-electron chi connectivity index (χ2n) is 5.49. The second kappa shape index (κ2) is 5.09. The second-order valence-corrected chi connectivity index (χ2v) is 5.49. The van der Waals surface area contributed by atoms with Gasteiger partial charge in [-0.15, -0.1) is 0 Å². The van der Waals surface area contributed by atoms with E-state index in [1.54, 1.807) is 0 Å². The number of hydrogen-bond acceptors (Lipinski definition) is 4. The summed E-state index contributed by atoms with van der Waals surface area (Å²) in [6.07, 6.45) is 5.50. The Morgan fingerprint density at radius 1 is 1.16 bits per heavy atom. The van der Waals surface area contributed by atoms with Crippen LogP contribution in [-0.2, 0) is 14.3 Å². The van der Waals surface area contributed by atoms with Crippen molar-refractivity contribution in [1.82, 2.24) is 10.2 Å². The topological polar surface area (TPSA) is 67.9 Å². The predicted molar refractivity (Wildman–Crippen MR) is 66.1 cm³/mol.